The van der Waals surface area contributed by atoms with Gasteiger partial charge in [0.1, 0.15) is 5.75 Å². The van der Waals surface area contributed by atoms with Crippen molar-refractivity contribution in [2.24, 2.45) is 0 Å². The maximum absolute atomic E-state index is 5.52. The molecule has 0 bridgehead atoms. The summed E-state index contributed by atoms with van der Waals surface area (Å²) >= 11 is 1.83. The van der Waals surface area contributed by atoms with Crippen molar-refractivity contribution >= 4 is 11.3 Å². The molecule has 0 saturated carbocycles. The van der Waals surface area contributed by atoms with Crippen LogP contribution in [0.5, 0.6) is 5.75 Å². The van der Waals surface area contributed by atoms with Crippen molar-refractivity contribution in [3.05, 3.63) is 83.3 Å². The van der Waals surface area contributed by atoms with Gasteiger partial charge in [0.25, 0.3) is 0 Å². The minimum atomic E-state index is 0.759. The minimum absolute atomic E-state index is 0.759. The minimum Gasteiger partial charge on any atom is -0.496 e. The van der Waals surface area contributed by atoms with Crippen LogP contribution in [0.1, 0.15) is 16.1 Å². The van der Waals surface area contributed by atoms with Gasteiger partial charge in [-0.3, -0.25) is 9.88 Å². The predicted molar refractivity (Wildman–Crippen MR) is 119 cm³/mol. The first-order valence-corrected chi connectivity index (χ1v) is 10.8. The van der Waals surface area contributed by atoms with Crippen LogP contribution in [0.4, 0.5) is 0 Å². The zero-order valence-electron chi connectivity index (χ0n) is 16.8. The lowest BCUT2D eigenvalue weighted by molar-refractivity contribution is 0.245. The Kier molecular flexibility index (Phi) is 5.26. The Labute approximate surface area is 180 Å². The summed E-state index contributed by atoms with van der Waals surface area (Å²) in [6, 6.07) is 16.5. The van der Waals surface area contributed by atoms with Crippen LogP contribution in [0.15, 0.2) is 67.1 Å². The van der Waals surface area contributed by atoms with Gasteiger partial charge in [0.2, 0.25) is 0 Å². The Balaban J connectivity index is 1.30. The Morgan fingerprint density at radius 1 is 1.07 bits per heavy atom. The lowest BCUT2D eigenvalue weighted by atomic mass is 10.1. The van der Waals surface area contributed by atoms with Gasteiger partial charge in [-0.2, -0.15) is 0 Å². The lowest BCUT2D eigenvalue weighted by Gasteiger charge is -2.27. The first-order chi connectivity index (χ1) is 14.8. The SMILES string of the molecule is COc1ccccc1-c1ccc(CN2CCc3nc(-c4cccnc4)ncc3C2)s1. The normalized spacial score (nSPS) is 13.8. The van der Waals surface area contributed by atoms with Crippen molar-refractivity contribution in [1.29, 1.82) is 0 Å². The first-order valence-electron chi connectivity index (χ1n) is 10.00. The molecule has 1 aliphatic heterocycles. The van der Waals surface area contributed by atoms with Gasteiger partial charge in [0, 0.05) is 71.1 Å². The third-order valence-corrected chi connectivity index (χ3v) is 6.45. The van der Waals surface area contributed by atoms with Crippen LogP contribution >= 0.6 is 11.3 Å². The molecule has 0 amide bonds. The van der Waals surface area contributed by atoms with Crippen molar-refractivity contribution < 1.29 is 4.74 Å². The Morgan fingerprint density at radius 2 is 2.00 bits per heavy atom. The summed E-state index contributed by atoms with van der Waals surface area (Å²) in [6.45, 7) is 2.81. The fraction of sp³-hybridized carbons (Fsp3) is 0.208. The fourth-order valence-electron chi connectivity index (χ4n) is 3.82. The summed E-state index contributed by atoms with van der Waals surface area (Å²) in [6.07, 6.45) is 6.50. The monoisotopic (exact) mass is 414 g/mol. The summed E-state index contributed by atoms with van der Waals surface area (Å²) in [5.74, 6) is 1.68. The van der Waals surface area contributed by atoms with E-state index in [2.05, 4.69) is 39.1 Å². The summed E-state index contributed by atoms with van der Waals surface area (Å²) in [4.78, 5) is 18.6. The Morgan fingerprint density at radius 3 is 2.87 bits per heavy atom. The highest BCUT2D eigenvalue weighted by Gasteiger charge is 2.20. The van der Waals surface area contributed by atoms with Crippen molar-refractivity contribution in [1.82, 2.24) is 19.9 Å². The molecule has 0 saturated heterocycles. The van der Waals surface area contributed by atoms with Crippen LogP contribution in [0.25, 0.3) is 21.8 Å². The zero-order chi connectivity index (χ0) is 20.3. The number of aromatic nitrogens is 3. The summed E-state index contributed by atoms with van der Waals surface area (Å²) in [7, 11) is 1.72. The number of ether oxygens (including phenoxy) is 1. The van der Waals surface area contributed by atoms with Gasteiger partial charge in [-0.15, -0.1) is 11.3 Å². The summed E-state index contributed by atoms with van der Waals surface area (Å²) < 4.78 is 5.52. The number of pyridine rings is 1. The molecule has 5 nitrogen and oxygen atoms in total. The van der Waals surface area contributed by atoms with Gasteiger partial charge in [0.05, 0.1) is 12.8 Å². The molecule has 30 heavy (non-hydrogen) atoms. The van der Waals surface area contributed by atoms with Gasteiger partial charge < -0.3 is 4.74 Å². The lowest BCUT2D eigenvalue weighted by Crippen LogP contribution is -2.30. The molecule has 0 aliphatic carbocycles. The molecular formula is C24H22N4OS. The molecule has 0 radical (unpaired) electrons. The van der Waals surface area contributed by atoms with E-state index in [9.17, 15) is 0 Å². The van der Waals surface area contributed by atoms with E-state index in [0.29, 0.717) is 0 Å². The van der Waals surface area contributed by atoms with Gasteiger partial charge >= 0.3 is 0 Å². The van der Waals surface area contributed by atoms with E-state index in [1.54, 1.807) is 13.3 Å². The van der Waals surface area contributed by atoms with E-state index < -0.39 is 0 Å². The van der Waals surface area contributed by atoms with Crippen LogP contribution in [-0.2, 0) is 19.5 Å². The highest BCUT2D eigenvalue weighted by molar-refractivity contribution is 7.15. The number of methoxy groups -OCH3 is 1. The van der Waals surface area contributed by atoms with Crippen LogP contribution in [0.3, 0.4) is 0 Å². The molecular weight excluding hydrogens is 392 g/mol. The average molecular weight is 415 g/mol. The van der Waals surface area contributed by atoms with Crippen LogP contribution < -0.4 is 4.74 Å². The molecule has 0 N–H and O–H groups in total. The van der Waals surface area contributed by atoms with E-state index in [1.807, 2.05) is 48.0 Å². The van der Waals surface area contributed by atoms with Gasteiger partial charge in [-0.1, -0.05) is 12.1 Å². The van der Waals surface area contributed by atoms with Crippen molar-refractivity contribution in [2.45, 2.75) is 19.5 Å². The zero-order valence-corrected chi connectivity index (χ0v) is 17.6. The van der Waals surface area contributed by atoms with E-state index >= 15 is 0 Å². The van der Waals surface area contributed by atoms with Crippen molar-refractivity contribution in [3.8, 4) is 27.6 Å². The quantitative estimate of drug-likeness (QED) is 0.468. The smallest absolute Gasteiger partial charge is 0.160 e. The molecule has 0 atom stereocenters. The van der Waals surface area contributed by atoms with Gasteiger partial charge in [0.15, 0.2) is 5.82 Å². The molecule has 150 valence electrons. The molecule has 4 aromatic rings. The molecule has 3 aromatic heterocycles. The number of thiophene rings is 1. The Hall–Kier alpha value is -3.09. The number of para-hydroxylation sites is 1. The van der Waals surface area contributed by atoms with Crippen LogP contribution in [0.2, 0.25) is 0 Å². The van der Waals surface area contributed by atoms with E-state index in [1.165, 1.54) is 15.3 Å². The van der Waals surface area contributed by atoms with Crippen LogP contribution in [-0.4, -0.2) is 33.5 Å². The molecule has 1 aliphatic rings. The molecule has 0 spiro atoms. The second-order valence-electron chi connectivity index (χ2n) is 7.33. The molecule has 5 rings (SSSR count). The summed E-state index contributed by atoms with van der Waals surface area (Å²) in [5, 5.41) is 0. The first kappa shape index (κ1) is 18.9. The van der Waals surface area contributed by atoms with Crippen molar-refractivity contribution in [2.75, 3.05) is 13.7 Å². The third-order valence-electron chi connectivity index (χ3n) is 5.35. The molecule has 0 unspecified atom stereocenters. The Bertz CT molecular complexity index is 1160. The van der Waals surface area contributed by atoms with Crippen molar-refractivity contribution in [3.63, 3.8) is 0 Å². The van der Waals surface area contributed by atoms with Gasteiger partial charge in [-0.25, -0.2) is 9.97 Å². The second-order valence-corrected chi connectivity index (χ2v) is 8.50. The number of nitrogens with zero attached hydrogens (tertiary/aromatic N) is 4. The van der Waals surface area contributed by atoms with E-state index in [-0.39, 0.29) is 0 Å². The average Bonchev–Trinajstić information content (AvgIpc) is 3.27. The number of benzene rings is 1. The number of hydrogen-bond acceptors (Lipinski definition) is 6. The third kappa shape index (κ3) is 3.84. The van der Waals surface area contributed by atoms with E-state index in [4.69, 9.17) is 9.72 Å². The van der Waals surface area contributed by atoms with E-state index in [0.717, 1.165) is 54.4 Å². The highest BCUT2D eigenvalue weighted by Crippen LogP contribution is 2.35. The molecule has 1 aromatic carbocycles. The second kappa shape index (κ2) is 8.34. The topological polar surface area (TPSA) is 51.1 Å². The standard InChI is InChI=1S/C24H22N4OS/c1-29-22-7-3-2-6-20(22)23-9-8-19(30-23)16-28-12-10-21-18(15-28)14-26-24(27-21)17-5-4-11-25-13-17/h2-9,11,13-14H,10,12,15-16H2,1H3. The molecule has 0 fully saturated rings. The number of rotatable bonds is 5. The predicted octanol–water partition coefficient (Wildman–Crippen LogP) is 4.83. The maximum Gasteiger partial charge on any atom is 0.160 e. The largest absolute Gasteiger partial charge is 0.496 e. The number of hydrogen-bond donors (Lipinski definition) is 0. The molecule has 6 heteroatoms. The van der Waals surface area contributed by atoms with Gasteiger partial charge in [-0.05, 0) is 36.4 Å². The van der Waals surface area contributed by atoms with Crippen LogP contribution in [0, 0.1) is 0 Å². The number of fused-ring (bicyclic) bond motifs is 1. The fourth-order valence-corrected chi connectivity index (χ4v) is 4.90. The molecule has 4 heterocycles. The summed E-state index contributed by atoms with van der Waals surface area (Å²) in [5.41, 5.74) is 4.48. The maximum atomic E-state index is 5.52. The highest BCUT2D eigenvalue weighted by atomic mass is 32.1.